The van der Waals surface area contributed by atoms with Gasteiger partial charge in [0.25, 0.3) is 0 Å². The number of hydrogen-bond donors (Lipinski definition) is 2. The van der Waals surface area contributed by atoms with Gasteiger partial charge in [0.1, 0.15) is 0 Å². The summed E-state index contributed by atoms with van der Waals surface area (Å²) in [6.07, 6.45) is 2.08. The topological polar surface area (TPSA) is 67.6 Å². The Bertz CT molecular complexity index is 483. The smallest absolute Gasteiger partial charge is 0.222 e. The molecule has 2 rings (SSSR count). The van der Waals surface area contributed by atoms with E-state index in [1.54, 1.807) is 7.11 Å². The average Bonchev–Trinajstić information content (AvgIpc) is 2.56. The fourth-order valence-electron chi connectivity index (χ4n) is 2.84. The van der Waals surface area contributed by atoms with E-state index in [0.29, 0.717) is 13.0 Å². The molecule has 1 atom stereocenters. The molecular weight excluding hydrogens is 314 g/mol. The molecule has 0 aliphatic carbocycles. The van der Waals surface area contributed by atoms with Crippen LogP contribution >= 0.6 is 11.6 Å². The predicted octanol–water partition coefficient (Wildman–Crippen LogP) is 1.78. The van der Waals surface area contributed by atoms with Gasteiger partial charge >= 0.3 is 0 Å². The van der Waals surface area contributed by atoms with Crippen LogP contribution in [0, 0.1) is 0 Å². The molecule has 0 bridgehead atoms. The summed E-state index contributed by atoms with van der Waals surface area (Å²) in [6, 6.07) is 8.22. The average molecular weight is 340 g/mol. The molecule has 1 fully saturated rings. The zero-order valence-corrected chi connectivity index (χ0v) is 14.4. The van der Waals surface area contributed by atoms with E-state index in [9.17, 15) is 4.79 Å². The van der Waals surface area contributed by atoms with Crippen LogP contribution in [0.3, 0.4) is 0 Å². The number of nitrogens with zero attached hydrogens (tertiary/aromatic N) is 1. The number of piperidine rings is 1. The van der Waals surface area contributed by atoms with Gasteiger partial charge in [0.15, 0.2) is 0 Å². The van der Waals surface area contributed by atoms with Crippen molar-refractivity contribution in [2.24, 2.45) is 5.73 Å². The van der Waals surface area contributed by atoms with E-state index in [0.717, 1.165) is 37.5 Å². The second-order valence-corrected chi connectivity index (χ2v) is 6.48. The maximum absolute atomic E-state index is 12.0. The number of benzene rings is 1. The SMILES string of the molecule is COC(CN)CC(=O)NC1CCN(Cc2ccc(Cl)cc2)CC1. The molecule has 0 spiro atoms. The van der Waals surface area contributed by atoms with Gasteiger partial charge in [0.2, 0.25) is 5.91 Å². The first-order valence-electron chi connectivity index (χ1n) is 8.09. The number of methoxy groups -OCH3 is 1. The summed E-state index contributed by atoms with van der Waals surface area (Å²) in [7, 11) is 1.58. The molecule has 1 aromatic carbocycles. The maximum Gasteiger partial charge on any atom is 0.222 e. The van der Waals surface area contributed by atoms with Crippen LogP contribution in [0.2, 0.25) is 5.02 Å². The van der Waals surface area contributed by atoms with Gasteiger partial charge in [0, 0.05) is 44.4 Å². The Morgan fingerprint density at radius 2 is 2.04 bits per heavy atom. The van der Waals surface area contributed by atoms with E-state index >= 15 is 0 Å². The number of likely N-dealkylation sites (tertiary alicyclic amines) is 1. The Labute approximate surface area is 143 Å². The number of carbonyl (C=O) groups excluding carboxylic acids is 1. The van der Waals surface area contributed by atoms with Crippen molar-refractivity contribution < 1.29 is 9.53 Å². The molecule has 5 nitrogen and oxygen atoms in total. The predicted molar refractivity (Wildman–Crippen MR) is 92.4 cm³/mol. The van der Waals surface area contributed by atoms with E-state index in [4.69, 9.17) is 22.1 Å². The lowest BCUT2D eigenvalue weighted by Crippen LogP contribution is -2.45. The van der Waals surface area contributed by atoms with Crippen molar-refractivity contribution in [1.29, 1.82) is 0 Å². The summed E-state index contributed by atoms with van der Waals surface area (Å²) in [5, 5.41) is 3.86. The minimum absolute atomic E-state index is 0.0263. The van der Waals surface area contributed by atoms with Gasteiger partial charge < -0.3 is 15.8 Å². The molecular formula is C17H26ClN3O2. The van der Waals surface area contributed by atoms with Crippen LogP contribution in [0.25, 0.3) is 0 Å². The second-order valence-electron chi connectivity index (χ2n) is 6.04. The minimum atomic E-state index is -0.194. The molecule has 1 aliphatic heterocycles. The van der Waals surface area contributed by atoms with Crippen LogP contribution in [0.1, 0.15) is 24.8 Å². The highest BCUT2D eigenvalue weighted by molar-refractivity contribution is 6.30. The zero-order chi connectivity index (χ0) is 16.7. The quantitative estimate of drug-likeness (QED) is 0.794. The number of ether oxygens (including phenoxy) is 1. The summed E-state index contributed by atoms with van der Waals surface area (Å²) >= 11 is 5.91. The molecule has 1 heterocycles. The van der Waals surface area contributed by atoms with Crippen LogP contribution in [0.5, 0.6) is 0 Å². The van der Waals surface area contributed by atoms with Gasteiger partial charge in [0.05, 0.1) is 12.5 Å². The first kappa shape index (κ1) is 18.2. The second kappa shape index (κ2) is 9.23. The van der Waals surface area contributed by atoms with Gasteiger partial charge in [-0.2, -0.15) is 0 Å². The molecule has 6 heteroatoms. The lowest BCUT2D eigenvalue weighted by Gasteiger charge is -2.32. The summed E-state index contributed by atoms with van der Waals surface area (Å²) in [6.45, 7) is 3.26. The molecule has 1 amide bonds. The first-order valence-corrected chi connectivity index (χ1v) is 8.47. The Balaban J connectivity index is 1.71. The summed E-state index contributed by atoms with van der Waals surface area (Å²) in [4.78, 5) is 14.4. The van der Waals surface area contributed by atoms with Crippen molar-refractivity contribution in [3.63, 3.8) is 0 Å². The van der Waals surface area contributed by atoms with Crippen molar-refractivity contribution in [2.75, 3.05) is 26.7 Å². The van der Waals surface area contributed by atoms with Crippen LogP contribution in [0.4, 0.5) is 0 Å². The third-order valence-corrected chi connectivity index (χ3v) is 4.53. The molecule has 0 saturated carbocycles. The molecule has 3 N–H and O–H groups in total. The lowest BCUT2D eigenvalue weighted by atomic mass is 10.0. The van der Waals surface area contributed by atoms with Crippen molar-refractivity contribution in [3.05, 3.63) is 34.9 Å². The normalized spacial score (nSPS) is 17.9. The van der Waals surface area contributed by atoms with E-state index in [2.05, 4.69) is 22.3 Å². The van der Waals surface area contributed by atoms with Crippen LogP contribution in [-0.2, 0) is 16.1 Å². The Kier molecular flexibility index (Phi) is 7.30. The van der Waals surface area contributed by atoms with Gasteiger partial charge in [-0.25, -0.2) is 0 Å². The molecule has 1 unspecified atom stereocenters. The van der Waals surface area contributed by atoms with Crippen molar-refractivity contribution in [3.8, 4) is 0 Å². The van der Waals surface area contributed by atoms with Crippen molar-refractivity contribution in [2.45, 2.75) is 38.0 Å². The van der Waals surface area contributed by atoms with E-state index in [-0.39, 0.29) is 18.1 Å². The Hall–Kier alpha value is -1.14. The number of rotatable bonds is 7. The number of halogens is 1. The van der Waals surface area contributed by atoms with Crippen LogP contribution in [0.15, 0.2) is 24.3 Å². The van der Waals surface area contributed by atoms with E-state index in [1.807, 2.05) is 12.1 Å². The van der Waals surface area contributed by atoms with Crippen LogP contribution < -0.4 is 11.1 Å². The fourth-order valence-corrected chi connectivity index (χ4v) is 2.97. The summed E-state index contributed by atoms with van der Waals surface area (Å²) in [5.74, 6) is 0.0263. The third-order valence-electron chi connectivity index (χ3n) is 4.28. The number of carbonyl (C=O) groups is 1. The lowest BCUT2D eigenvalue weighted by molar-refractivity contribution is -0.124. The Morgan fingerprint density at radius 1 is 1.39 bits per heavy atom. The molecule has 1 aliphatic rings. The third kappa shape index (κ3) is 6.11. The van der Waals surface area contributed by atoms with Gasteiger partial charge in [-0.1, -0.05) is 23.7 Å². The van der Waals surface area contributed by atoms with Crippen molar-refractivity contribution >= 4 is 17.5 Å². The molecule has 0 radical (unpaired) electrons. The van der Waals surface area contributed by atoms with Crippen molar-refractivity contribution in [1.82, 2.24) is 10.2 Å². The number of amides is 1. The monoisotopic (exact) mass is 339 g/mol. The van der Waals surface area contributed by atoms with Crippen LogP contribution in [-0.4, -0.2) is 49.7 Å². The number of nitrogens with one attached hydrogen (secondary N) is 1. The molecule has 0 aromatic heterocycles. The fraction of sp³-hybridized carbons (Fsp3) is 0.588. The van der Waals surface area contributed by atoms with E-state index < -0.39 is 0 Å². The largest absolute Gasteiger partial charge is 0.380 e. The number of hydrogen-bond acceptors (Lipinski definition) is 4. The Morgan fingerprint density at radius 3 is 2.61 bits per heavy atom. The maximum atomic E-state index is 12.0. The summed E-state index contributed by atoms with van der Waals surface area (Å²) < 4.78 is 5.15. The number of nitrogens with two attached hydrogens (primary N) is 1. The first-order chi connectivity index (χ1) is 11.1. The highest BCUT2D eigenvalue weighted by atomic mass is 35.5. The standard InChI is InChI=1S/C17H26ClN3O2/c1-23-16(11-19)10-17(22)20-15-6-8-21(9-7-15)12-13-2-4-14(18)5-3-13/h2-5,15-16H,6-12,19H2,1H3,(H,20,22). The molecule has 1 saturated heterocycles. The van der Waals surface area contributed by atoms with Gasteiger partial charge in [-0.05, 0) is 30.5 Å². The molecule has 23 heavy (non-hydrogen) atoms. The van der Waals surface area contributed by atoms with Gasteiger partial charge in [-0.15, -0.1) is 0 Å². The molecule has 128 valence electrons. The highest BCUT2D eigenvalue weighted by Crippen LogP contribution is 2.16. The van der Waals surface area contributed by atoms with Gasteiger partial charge in [-0.3, -0.25) is 9.69 Å². The molecule has 1 aromatic rings. The zero-order valence-electron chi connectivity index (χ0n) is 13.6. The highest BCUT2D eigenvalue weighted by Gasteiger charge is 2.21. The summed E-state index contributed by atoms with van der Waals surface area (Å²) in [5.41, 5.74) is 6.81. The minimum Gasteiger partial charge on any atom is -0.380 e. The van der Waals surface area contributed by atoms with E-state index in [1.165, 1.54) is 5.56 Å².